The zero-order valence-corrected chi connectivity index (χ0v) is 9.60. The molecule has 2 rings (SSSR count). The predicted molar refractivity (Wildman–Crippen MR) is 62.9 cm³/mol. The maximum absolute atomic E-state index is 11.5. The predicted octanol–water partition coefficient (Wildman–Crippen LogP) is 0.932. The highest BCUT2D eigenvalue weighted by Crippen LogP contribution is 2.26. The van der Waals surface area contributed by atoms with Crippen LogP contribution in [0.5, 0.6) is 0 Å². The van der Waals surface area contributed by atoms with E-state index in [4.69, 9.17) is 0 Å². The summed E-state index contributed by atoms with van der Waals surface area (Å²) in [6, 6.07) is 7.95. The quantitative estimate of drug-likeness (QED) is 0.827. The number of nitrogens with zero attached hydrogens (tertiary/aromatic N) is 1. The van der Waals surface area contributed by atoms with Crippen LogP contribution in [0.1, 0.15) is 5.56 Å². The number of hydrogen-bond donors (Lipinski definition) is 1. The van der Waals surface area contributed by atoms with Crippen molar-refractivity contribution < 1.29 is 14.3 Å². The SMILES string of the molecule is COC(=O)NC(=O)CN1CCc2ccccc21. The van der Waals surface area contributed by atoms with E-state index in [1.807, 2.05) is 29.2 Å². The van der Waals surface area contributed by atoms with Crippen LogP contribution in [0, 0.1) is 0 Å². The lowest BCUT2D eigenvalue weighted by Gasteiger charge is -2.18. The van der Waals surface area contributed by atoms with Gasteiger partial charge >= 0.3 is 6.09 Å². The van der Waals surface area contributed by atoms with Gasteiger partial charge in [-0.1, -0.05) is 18.2 Å². The summed E-state index contributed by atoms with van der Waals surface area (Å²) in [7, 11) is 1.23. The van der Waals surface area contributed by atoms with Crippen LogP contribution in [-0.2, 0) is 16.0 Å². The third kappa shape index (κ3) is 2.55. The van der Waals surface area contributed by atoms with Crippen molar-refractivity contribution in [1.82, 2.24) is 5.32 Å². The second-order valence-corrected chi connectivity index (χ2v) is 3.84. The molecule has 1 aromatic rings. The van der Waals surface area contributed by atoms with Crippen LogP contribution in [0.4, 0.5) is 10.5 Å². The average molecular weight is 234 g/mol. The Kier molecular flexibility index (Phi) is 3.27. The molecule has 0 radical (unpaired) electrons. The number of anilines is 1. The Bertz CT molecular complexity index is 445. The van der Waals surface area contributed by atoms with Crippen molar-refractivity contribution in [3.8, 4) is 0 Å². The fourth-order valence-electron chi connectivity index (χ4n) is 1.95. The van der Waals surface area contributed by atoms with Crippen molar-refractivity contribution in [2.45, 2.75) is 6.42 Å². The van der Waals surface area contributed by atoms with Gasteiger partial charge in [0.25, 0.3) is 0 Å². The minimum Gasteiger partial charge on any atom is -0.453 e. The van der Waals surface area contributed by atoms with Crippen LogP contribution in [0.2, 0.25) is 0 Å². The summed E-state index contributed by atoms with van der Waals surface area (Å²) in [6.45, 7) is 0.972. The molecular weight excluding hydrogens is 220 g/mol. The fraction of sp³-hybridized carbons (Fsp3) is 0.333. The summed E-state index contributed by atoms with van der Waals surface area (Å²) in [5.41, 5.74) is 2.30. The monoisotopic (exact) mass is 234 g/mol. The van der Waals surface area contributed by atoms with Crippen LogP contribution in [0.25, 0.3) is 0 Å². The average Bonchev–Trinajstić information content (AvgIpc) is 2.72. The molecular formula is C12H14N2O3. The molecule has 1 aliphatic heterocycles. The van der Waals surface area contributed by atoms with E-state index < -0.39 is 6.09 Å². The standard InChI is InChI=1S/C12H14N2O3/c1-17-12(16)13-11(15)8-14-7-6-9-4-2-3-5-10(9)14/h2-5H,6-8H2,1H3,(H,13,15,16). The highest BCUT2D eigenvalue weighted by molar-refractivity contribution is 5.94. The number of ether oxygens (including phenoxy) is 1. The number of fused-ring (bicyclic) bond motifs is 1. The number of para-hydroxylation sites is 1. The highest BCUT2D eigenvalue weighted by atomic mass is 16.5. The van der Waals surface area contributed by atoms with E-state index >= 15 is 0 Å². The van der Waals surface area contributed by atoms with Gasteiger partial charge in [-0.25, -0.2) is 4.79 Å². The second-order valence-electron chi connectivity index (χ2n) is 3.84. The van der Waals surface area contributed by atoms with Gasteiger partial charge in [0.15, 0.2) is 0 Å². The first-order valence-electron chi connectivity index (χ1n) is 5.41. The van der Waals surface area contributed by atoms with E-state index in [1.54, 1.807) is 0 Å². The number of carbonyl (C=O) groups is 2. The summed E-state index contributed by atoms with van der Waals surface area (Å²) < 4.78 is 4.37. The van der Waals surface area contributed by atoms with Crippen LogP contribution < -0.4 is 10.2 Å². The Morgan fingerprint density at radius 1 is 1.41 bits per heavy atom. The van der Waals surface area contributed by atoms with Crippen molar-refractivity contribution in [3.05, 3.63) is 29.8 Å². The third-order valence-electron chi connectivity index (χ3n) is 2.74. The second kappa shape index (κ2) is 4.86. The third-order valence-corrected chi connectivity index (χ3v) is 2.74. The van der Waals surface area contributed by atoms with Gasteiger partial charge in [-0.3, -0.25) is 10.1 Å². The van der Waals surface area contributed by atoms with Gasteiger partial charge in [-0.05, 0) is 18.1 Å². The number of carbonyl (C=O) groups excluding carboxylic acids is 2. The molecule has 0 fully saturated rings. The minimum atomic E-state index is -0.720. The number of nitrogens with one attached hydrogen (secondary N) is 1. The molecule has 1 aliphatic rings. The molecule has 5 nitrogen and oxygen atoms in total. The molecule has 17 heavy (non-hydrogen) atoms. The number of methoxy groups -OCH3 is 1. The molecule has 90 valence electrons. The molecule has 0 saturated carbocycles. The summed E-state index contributed by atoms with van der Waals surface area (Å²) in [6.07, 6.45) is 0.212. The molecule has 1 aromatic carbocycles. The molecule has 1 heterocycles. The summed E-state index contributed by atoms with van der Waals surface area (Å²) >= 11 is 0. The Morgan fingerprint density at radius 3 is 2.94 bits per heavy atom. The van der Waals surface area contributed by atoms with Crippen LogP contribution in [0.15, 0.2) is 24.3 Å². The normalized spacial score (nSPS) is 13.1. The number of imide groups is 1. The summed E-state index contributed by atoms with van der Waals surface area (Å²) in [5, 5.41) is 2.15. The lowest BCUT2D eigenvalue weighted by Crippen LogP contribution is -2.39. The first-order chi connectivity index (χ1) is 8.20. The first-order valence-corrected chi connectivity index (χ1v) is 5.41. The van der Waals surface area contributed by atoms with Gasteiger partial charge in [0, 0.05) is 12.2 Å². The fourth-order valence-corrected chi connectivity index (χ4v) is 1.95. The Labute approximate surface area is 99.4 Å². The molecule has 0 saturated heterocycles. The van der Waals surface area contributed by atoms with E-state index in [0.717, 1.165) is 18.7 Å². The van der Waals surface area contributed by atoms with Crippen LogP contribution in [0.3, 0.4) is 0 Å². The molecule has 0 unspecified atom stereocenters. The van der Waals surface area contributed by atoms with Gasteiger partial charge in [-0.2, -0.15) is 0 Å². The van der Waals surface area contributed by atoms with E-state index in [0.29, 0.717) is 0 Å². The van der Waals surface area contributed by atoms with Gasteiger partial charge in [-0.15, -0.1) is 0 Å². The van der Waals surface area contributed by atoms with Crippen molar-refractivity contribution in [2.24, 2.45) is 0 Å². The van der Waals surface area contributed by atoms with Gasteiger partial charge in [0.2, 0.25) is 5.91 Å². The number of hydrogen-bond acceptors (Lipinski definition) is 4. The topological polar surface area (TPSA) is 58.6 Å². The van der Waals surface area contributed by atoms with E-state index in [2.05, 4.69) is 10.1 Å². The minimum absolute atomic E-state index is 0.173. The first kappa shape index (κ1) is 11.4. The Hall–Kier alpha value is -2.04. The maximum atomic E-state index is 11.5. The number of alkyl carbamates (subject to hydrolysis) is 1. The molecule has 0 bridgehead atoms. The molecule has 0 atom stereocenters. The van der Waals surface area contributed by atoms with E-state index in [9.17, 15) is 9.59 Å². The Balaban J connectivity index is 1.98. The summed E-state index contributed by atoms with van der Waals surface area (Å²) in [5.74, 6) is -0.353. The van der Waals surface area contributed by atoms with Crippen molar-refractivity contribution in [3.63, 3.8) is 0 Å². The van der Waals surface area contributed by atoms with Crippen molar-refractivity contribution in [1.29, 1.82) is 0 Å². The lowest BCUT2D eigenvalue weighted by atomic mass is 10.2. The number of rotatable bonds is 2. The van der Waals surface area contributed by atoms with E-state index in [-0.39, 0.29) is 12.5 Å². The molecule has 5 heteroatoms. The van der Waals surface area contributed by atoms with Crippen LogP contribution >= 0.6 is 0 Å². The van der Waals surface area contributed by atoms with E-state index in [1.165, 1.54) is 12.7 Å². The molecule has 0 spiro atoms. The molecule has 0 aliphatic carbocycles. The van der Waals surface area contributed by atoms with Crippen molar-refractivity contribution >= 4 is 17.7 Å². The Morgan fingerprint density at radius 2 is 2.18 bits per heavy atom. The van der Waals surface area contributed by atoms with Gasteiger partial charge in [0.1, 0.15) is 0 Å². The van der Waals surface area contributed by atoms with Crippen molar-refractivity contribution in [2.75, 3.05) is 25.1 Å². The largest absolute Gasteiger partial charge is 0.453 e. The maximum Gasteiger partial charge on any atom is 0.413 e. The van der Waals surface area contributed by atoms with Gasteiger partial charge in [0.05, 0.1) is 13.7 Å². The smallest absolute Gasteiger partial charge is 0.413 e. The zero-order chi connectivity index (χ0) is 12.3. The van der Waals surface area contributed by atoms with Gasteiger partial charge < -0.3 is 9.64 Å². The molecule has 1 N–H and O–H groups in total. The highest BCUT2D eigenvalue weighted by Gasteiger charge is 2.21. The van der Waals surface area contributed by atoms with Crippen LogP contribution in [-0.4, -0.2) is 32.2 Å². The molecule has 0 aromatic heterocycles. The number of amides is 2. The number of benzene rings is 1. The summed E-state index contributed by atoms with van der Waals surface area (Å²) in [4.78, 5) is 24.3. The zero-order valence-electron chi connectivity index (χ0n) is 9.60. The molecule has 2 amide bonds. The lowest BCUT2D eigenvalue weighted by molar-refractivity contribution is -0.119.